The Kier molecular flexibility index (Phi) is 5.61. The van der Waals surface area contributed by atoms with Gasteiger partial charge < -0.3 is 15.2 Å². The minimum absolute atomic E-state index is 0.246. The van der Waals surface area contributed by atoms with Gasteiger partial charge in [-0.2, -0.15) is 0 Å². The number of aliphatic carboxylic acids is 1. The molecule has 0 aliphatic heterocycles. The van der Waals surface area contributed by atoms with Crippen molar-refractivity contribution < 1.29 is 14.6 Å². The maximum Gasteiger partial charge on any atom is 0.322 e. The first-order valence-electron chi connectivity index (χ1n) is 7.67. The molecule has 3 aromatic rings. The van der Waals surface area contributed by atoms with Gasteiger partial charge in [-0.25, -0.2) is 0 Å². The molecule has 0 radical (unpaired) electrons. The van der Waals surface area contributed by atoms with Gasteiger partial charge in [-0.15, -0.1) is 0 Å². The van der Waals surface area contributed by atoms with Crippen molar-refractivity contribution in [1.82, 2.24) is 4.98 Å². The number of ether oxygens (including phenoxy) is 1. The van der Waals surface area contributed by atoms with Gasteiger partial charge in [-0.3, -0.25) is 9.78 Å². The lowest BCUT2D eigenvalue weighted by Crippen LogP contribution is -2.12. The van der Waals surface area contributed by atoms with Crippen molar-refractivity contribution in [2.45, 2.75) is 0 Å². The molecule has 1 heterocycles. The molecule has 26 heavy (non-hydrogen) atoms. The maximum absolute atomic E-state index is 10.8. The summed E-state index contributed by atoms with van der Waals surface area (Å²) in [6.07, 6.45) is 1.71. The summed E-state index contributed by atoms with van der Waals surface area (Å²) in [7, 11) is 0. The Balaban J connectivity index is 1.87. The van der Waals surface area contributed by atoms with Gasteiger partial charge >= 0.3 is 5.97 Å². The van der Waals surface area contributed by atoms with Crippen LogP contribution in [-0.2, 0) is 4.79 Å². The van der Waals surface area contributed by atoms with Crippen LogP contribution in [0, 0.1) is 0 Å². The Morgan fingerprint density at radius 1 is 1.08 bits per heavy atom. The molecule has 3 rings (SSSR count). The van der Waals surface area contributed by atoms with Crippen LogP contribution in [0.25, 0.3) is 11.3 Å². The van der Waals surface area contributed by atoms with E-state index in [1.165, 1.54) is 0 Å². The summed E-state index contributed by atoms with van der Waals surface area (Å²) in [6.45, 7) is -0.246. The third-order valence-electron chi connectivity index (χ3n) is 3.49. The van der Waals surface area contributed by atoms with Gasteiger partial charge in [-0.1, -0.05) is 29.3 Å². The molecule has 0 atom stereocenters. The van der Waals surface area contributed by atoms with E-state index in [4.69, 9.17) is 33.0 Å². The quantitative estimate of drug-likeness (QED) is 0.595. The lowest BCUT2D eigenvalue weighted by molar-refractivity contribution is -0.134. The molecule has 2 aromatic carbocycles. The molecule has 0 spiro atoms. The smallest absolute Gasteiger partial charge is 0.322 e. The summed E-state index contributed by atoms with van der Waals surface area (Å²) < 4.78 is 5.85. The predicted molar refractivity (Wildman–Crippen MR) is 102 cm³/mol. The number of benzene rings is 2. The monoisotopic (exact) mass is 388 g/mol. The number of halogens is 2. The molecule has 0 aliphatic rings. The van der Waals surface area contributed by atoms with E-state index >= 15 is 0 Å². The molecule has 0 bridgehead atoms. The number of carboxylic acids is 1. The number of rotatable bonds is 6. The Bertz CT molecular complexity index is 933. The minimum atomic E-state index is -0.983. The topological polar surface area (TPSA) is 71.5 Å². The first-order valence-corrected chi connectivity index (χ1v) is 8.42. The Morgan fingerprint density at radius 3 is 2.62 bits per heavy atom. The van der Waals surface area contributed by atoms with E-state index in [1.54, 1.807) is 36.5 Å². The lowest BCUT2D eigenvalue weighted by atomic mass is 10.1. The molecular formula is C19H14Cl2N2O3. The standard InChI is InChI=1S/C19H14Cl2N2O3/c20-13-5-6-16(23-11-19(24)25)18(10-13)26-17-7-4-12(9-14(17)21)15-3-1-2-8-22-15/h1-10,23H,11H2,(H,24,25). The van der Waals surface area contributed by atoms with Crippen LogP contribution in [0.2, 0.25) is 10.0 Å². The number of aromatic nitrogens is 1. The lowest BCUT2D eigenvalue weighted by Gasteiger charge is -2.14. The van der Waals surface area contributed by atoms with Crippen molar-refractivity contribution >= 4 is 34.9 Å². The second-order valence-corrected chi connectivity index (χ2v) is 6.19. The molecule has 0 saturated heterocycles. The number of hydrogen-bond acceptors (Lipinski definition) is 4. The van der Waals surface area contributed by atoms with E-state index in [-0.39, 0.29) is 6.54 Å². The van der Waals surface area contributed by atoms with Crippen LogP contribution < -0.4 is 10.1 Å². The number of carboxylic acid groups (broad SMARTS) is 1. The van der Waals surface area contributed by atoms with Gasteiger partial charge in [-0.05, 0) is 42.5 Å². The fraction of sp³-hybridized carbons (Fsp3) is 0.0526. The zero-order valence-electron chi connectivity index (χ0n) is 13.4. The van der Waals surface area contributed by atoms with Crippen LogP contribution in [0.1, 0.15) is 0 Å². The molecule has 0 amide bonds. The molecule has 0 unspecified atom stereocenters. The minimum Gasteiger partial charge on any atom is -0.480 e. The molecule has 2 N–H and O–H groups in total. The highest BCUT2D eigenvalue weighted by Gasteiger charge is 2.11. The molecule has 7 heteroatoms. The van der Waals surface area contributed by atoms with E-state index in [0.717, 1.165) is 11.3 Å². The molecule has 132 valence electrons. The Hall–Kier alpha value is -2.76. The van der Waals surface area contributed by atoms with Gasteiger partial charge in [0.25, 0.3) is 0 Å². The number of pyridine rings is 1. The molecule has 5 nitrogen and oxygen atoms in total. The van der Waals surface area contributed by atoms with Crippen molar-refractivity contribution in [2.75, 3.05) is 11.9 Å². The SMILES string of the molecule is O=C(O)CNc1ccc(Cl)cc1Oc1ccc(-c2ccccn2)cc1Cl. The molecule has 0 saturated carbocycles. The van der Waals surface area contributed by atoms with E-state index < -0.39 is 5.97 Å². The predicted octanol–water partition coefficient (Wildman–Crippen LogP) is 5.34. The zero-order valence-corrected chi connectivity index (χ0v) is 15.0. The highest BCUT2D eigenvalue weighted by atomic mass is 35.5. The first-order chi connectivity index (χ1) is 12.5. The normalized spacial score (nSPS) is 10.4. The average molecular weight is 389 g/mol. The van der Waals surface area contributed by atoms with Gasteiger partial charge in [0.15, 0.2) is 5.75 Å². The third-order valence-corrected chi connectivity index (χ3v) is 4.02. The summed E-state index contributed by atoms with van der Waals surface area (Å²) in [5.41, 5.74) is 2.16. The summed E-state index contributed by atoms with van der Waals surface area (Å²) in [6, 6.07) is 15.8. The highest BCUT2D eigenvalue weighted by Crippen LogP contribution is 2.37. The molecule has 1 aromatic heterocycles. The van der Waals surface area contributed by atoms with Crippen LogP contribution in [0.4, 0.5) is 5.69 Å². The van der Waals surface area contributed by atoms with Crippen LogP contribution in [0.15, 0.2) is 60.8 Å². The number of nitrogens with zero attached hydrogens (tertiary/aromatic N) is 1. The molecule has 0 aliphatic carbocycles. The largest absolute Gasteiger partial charge is 0.480 e. The van der Waals surface area contributed by atoms with E-state index in [9.17, 15) is 4.79 Å². The fourth-order valence-electron chi connectivity index (χ4n) is 2.29. The second-order valence-electron chi connectivity index (χ2n) is 5.35. The van der Waals surface area contributed by atoms with E-state index in [1.807, 2.05) is 24.3 Å². The van der Waals surface area contributed by atoms with Crippen molar-refractivity contribution in [3.05, 3.63) is 70.8 Å². The van der Waals surface area contributed by atoms with Crippen LogP contribution >= 0.6 is 23.2 Å². The maximum atomic E-state index is 10.8. The number of hydrogen-bond donors (Lipinski definition) is 2. The average Bonchev–Trinajstić information content (AvgIpc) is 2.63. The second kappa shape index (κ2) is 8.08. The van der Waals surface area contributed by atoms with Gasteiger partial charge in [0.1, 0.15) is 12.3 Å². The number of anilines is 1. The first kappa shape index (κ1) is 18.0. The van der Waals surface area contributed by atoms with Gasteiger partial charge in [0, 0.05) is 22.8 Å². The number of carbonyl (C=O) groups is 1. The summed E-state index contributed by atoms with van der Waals surface area (Å²) in [5.74, 6) is -0.179. The Morgan fingerprint density at radius 2 is 1.92 bits per heavy atom. The highest BCUT2D eigenvalue weighted by molar-refractivity contribution is 6.32. The van der Waals surface area contributed by atoms with E-state index in [0.29, 0.717) is 27.2 Å². The summed E-state index contributed by atoms with van der Waals surface area (Å²) >= 11 is 12.4. The van der Waals surface area contributed by atoms with Crippen LogP contribution in [-0.4, -0.2) is 22.6 Å². The molecular weight excluding hydrogens is 375 g/mol. The summed E-state index contributed by atoms with van der Waals surface area (Å²) in [4.78, 5) is 15.1. The Labute approximate surface area is 160 Å². The van der Waals surface area contributed by atoms with Gasteiger partial charge in [0.05, 0.1) is 16.4 Å². The van der Waals surface area contributed by atoms with Crippen LogP contribution in [0.5, 0.6) is 11.5 Å². The van der Waals surface area contributed by atoms with Crippen molar-refractivity contribution in [1.29, 1.82) is 0 Å². The zero-order chi connectivity index (χ0) is 18.5. The summed E-state index contributed by atoms with van der Waals surface area (Å²) in [5, 5.41) is 12.5. The third kappa shape index (κ3) is 4.45. The fourth-order valence-corrected chi connectivity index (χ4v) is 2.67. The van der Waals surface area contributed by atoms with Crippen molar-refractivity contribution in [3.8, 4) is 22.8 Å². The number of nitrogens with one attached hydrogen (secondary N) is 1. The van der Waals surface area contributed by atoms with Crippen molar-refractivity contribution in [3.63, 3.8) is 0 Å². The van der Waals surface area contributed by atoms with Gasteiger partial charge in [0.2, 0.25) is 0 Å². The van der Waals surface area contributed by atoms with Crippen LogP contribution in [0.3, 0.4) is 0 Å². The van der Waals surface area contributed by atoms with E-state index in [2.05, 4.69) is 10.3 Å². The molecule has 0 fully saturated rings. The van der Waals surface area contributed by atoms with Crippen molar-refractivity contribution in [2.24, 2.45) is 0 Å².